The normalized spacial score (nSPS) is 26.5. The molecule has 0 aliphatic heterocycles. The van der Waals surface area contributed by atoms with Gasteiger partial charge in [0.25, 0.3) is 0 Å². The van der Waals surface area contributed by atoms with Crippen LogP contribution in [0.2, 0.25) is 0 Å². The van der Waals surface area contributed by atoms with E-state index >= 15 is 0 Å². The third kappa shape index (κ3) is 2.63. The Morgan fingerprint density at radius 3 is 2.46 bits per heavy atom. The molecular weight excluding hydrogens is 180 g/mol. The van der Waals surface area contributed by atoms with E-state index < -0.39 is 0 Å². The summed E-state index contributed by atoms with van der Waals surface area (Å²) in [6.07, 6.45) is 8.23. The monoisotopic (exact) mass is 200 g/mol. The van der Waals surface area contributed by atoms with Crippen molar-refractivity contribution in [3.05, 3.63) is 0 Å². The lowest BCUT2D eigenvalue weighted by Crippen LogP contribution is -2.25. The van der Waals surface area contributed by atoms with Crippen LogP contribution in [0.3, 0.4) is 0 Å². The minimum absolute atomic E-state index is 0.442. The number of hydrogen-bond acceptors (Lipinski definition) is 2. The SMILES string of the molecule is SCC1(COCC2CC2)CCCC1. The van der Waals surface area contributed by atoms with Gasteiger partial charge < -0.3 is 4.74 Å². The van der Waals surface area contributed by atoms with Gasteiger partial charge >= 0.3 is 0 Å². The summed E-state index contributed by atoms with van der Waals surface area (Å²) in [5.74, 6) is 1.91. The topological polar surface area (TPSA) is 9.23 Å². The summed E-state index contributed by atoms with van der Waals surface area (Å²) in [7, 11) is 0. The summed E-state index contributed by atoms with van der Waals surface area (Å²) in [6, 6.07) is 0. The Kier molecular flexibility index (Phi) is 3.20. The second-order valence-corrected chi connectivity index (χ2v) is 5.14. The van der Waals surface area contributed by atoms with Crippen LogP contribution < -0.4 is 0 Å². The minimum atomic E-state index is 0.442. The van der Waals surface area contributed by atoms with Crippen LogP contribution in [0.1, 0.15) is 38.5 Å². The molecule has 0 spiro atoms. The number of thiol groups is 1. The molecule has 2 fully saturated rings. The standard InChI is InChI=1S/C11H20OS/c13-9-11(5-1-2-6-11)8-12-7-10-3-4-10/h10,13H,1-9H2. The van der Waals surface area contributed by atoms with E-state index in [-0.39, 0.29) is 0 Å². The van der Waals surface area contributed by atoms with E-state index in [4.69, 9.17) is 4.74 Å². The highest BCUT2D eigenvalue weighted by Crippen LogP contribution is 2.39. The van der Waals surface area contributed by atoms with Gasteiger partial charge in [0.05, 0.1) is 6.61 Å². The molecule has 0 amide bonds. The van der Waals surface area contributed by atoms with Crippen molar-refractivity contribution in [2.45, 2.75) is 38.5 Å². The Morgan fingerprint density at radius 1 is 1.23 bits per heavy atom. The number of ether oxygens (including phenoxy) is 1. The second-order valence-electron chi connectivity index (χ2n) is 4.82. The molecular formula is C11H20OS. The predicted octanol–water partition coefficient (Wildman–Crippen LogP) is 2.90. The fourth-order valence-corrected chi connectivity index (χ4v) is 2.61. The molecule has 2 heteroatoms. The van der Waals surface area contributed by atoms with Crippen LogP contribution in [0.25, 0.3) is 0 Å². The van der Waals surface area contributed by atoms with E-state index in [1.165, 1.54) is 38.5 Å². The van der Waals surface area contributed by atoms with Gasteiger partial charge in [-0.05, 0) is 37.4 Å². The van der Waals surface area contributed by atoms with Crippen LogP contribution in [0, 0.1) is 11.3 Å². The van der Waals surface area contributed by atoms with Crippen molar-refractivity contribution in [3.8, 4) is 0 Å². The molecule has 0 aromatic rings. The van der Waals surface area contributed by atoms with E-state index in [9.17, 15) is 0 Å². The zero-order valence-electron chi connectivity index (χ0n) is 8.30. The molecule has 0 heterocycles. The molecule has 0 saturated heterocycles. The smallest absolute Gasteiger partial charge is 0.0530 e. The molecule has 2 saturated carbocycles. The van der Waals surface area contributed by atoms with E-state index in [1.807, 2.05) is 0 Å². The van der Waals surface area contributed by atoms with Gasteiger partial charge in [-0.3, -0.25) is 0 Å². The van der Waals surface area contributed by atoms with Gasteiger partial charge in [0, 0.05) is 12.0 Å². The summed E-state index contributed by atoms with van der Waals surface area (Å²) in [5, 5.41) is 0. The molecule has 1 nitrogen and oxygen atoms in total. The molecule has 76 valence electrons. The van der Waals surface area contributed by atoms with Crippen molar-refractivity contribution in [2.24, 2.45) is 11.3 Å². The first kappa shape index (κ1) is 9.85. The summed E-state index contributed by atoms with van der Waals surface area (Å²) in [6.45, 7) is 1.97. The highest BCUT2D eigenvalue weighted by atomic mass is 32.1. The van der Waals surface area contributed by atoms with Gasteiger partial charge in [0.2, 0.25) is 0 Å². The van der Waals surface area contributed by atoms with Crippen LogP contribution in [-0.2, 0) is 4.74 Å². The first-order valence-electron chi connectivity index (χ1n) is 5.53. The zero-order chi connectivity index (χ0) is 9.15. The Bertz CT molecular complexity index is 159. The Balaban J connectivity index is 1.69. The average molecular weight is 200 g/mol. The third-order valence-electron chi connectivity index (χ3n) is 3.46. The van der Waals surface area contributed by atoms with Crippen molar-refractivity contribution in [1.29, 1.82) is 0 Å². The molecule has 0 unspecified atom stereocenters. The molecule has 0 aromatic heterocycles. The van der Waals surface area contributed by atoms with Crippen LogP contribution in [-0.4, -0.2) is 19.0 Å². The van der Waals surface area contributed by atoms with Crippen LogP contribution in [0.4, 0.5) is 0 Å². The van der Waals surface area contributed by atoms with Crippen molar-refractivity contribution in [2.75, 3.05) is 19.0 Å². The molecule has 2 rings (SSSR count). The van der Waals surface area contributed by atoms with Crippen LogP contribution in [0.15, 0.2) is 0 Å². The van der Waals surface area contributed by atoms with Gasteiger partial charge in [-0.2, -0.15) is 12.6 Å². The van der Waals surface area contributed by atoms with Crippen LogP contribution >= 0.6 is 12.6 Å². The first-order chi connectivity index (χ1) is 6.35. The fraction of sp³-hybridized carbons (Fsp3) is 1.00. The van der Waals surface area contributed by atoms with E-state index in [0.29, 0.717) is 5.41 Å². The minimum Gasteiger partial charge on any atom is -0.381 e. The lowest BCUT2D eigenvalue weighted by molar-refractivity contribution is 0.0527. The maximum Gasteiger partial charge on any atom is 0.0530 e. The van der Waals surface area contributed by atoms with Crippen molar-refractivity contribution < 1.29 is 4.74 Å². The fourth-order valence-electron chi connectivity index (χ4n) is 2.20. The van der Waals surface area contributed by atoms with Gasteiger partial charge in [0.1, 0.15) is 0 Å². The highest BCUT2D eigenvalue weighted by Gasteiger charge is 2.33. The Hall–Kier alpha value is 0.310. The summed E-state index contributed by atoms with van der Waals surface area (Å²) in [5.41, 5.74) is 0.442. The second kappa shape index (κ2) is 4.22. The van der Waals surface area contributed by atoms with Crippen molar-refractivity contribution in [3.63, 3.8) is 0 Å². The first-order valence-corrected chi connectivity index (χ1v) is 6.16. The van der Waals surface area contributed by atoms with Gasteiger partial charge in [0.15, 0.2) is 0 Å². The van der Waals surface area contributed by atoms with Gasteiger partial charge in [-0.1, -0.05) is 12.8 Å². The average Bonchev–Trinajstić information content (AvgIpc) is 2.84. The summed E-state index contributed by atoms with van der Waals surface area (Å²) in [4.78, 5) is 0. The largest absolute Gasteiger partial charge is 0.381 e. The molecule has 13 heavy (non-hydrogen) atoms. The zero-order valence-corrected chi connectivity index (χ0v) is 9.19. The number of hydrogen-bond donors (Lipinski definition) is 1. The van der Waals surface area contributed by atoms with E-state index in [2.05, 4.69) is 12.6 Å². The van der Waals surface area contributed by atoms with Crippen LogP contribution in [0.5, 0.6) is 0 Å². The molecule has 0 bridgehead atoms. The predicted molar refractivity (Wildman–Crippen MR) is 58.3 cm³/mol. The van der Waals surface area contributed by atoms with Crippen molar-refractivity contribution >= 4 is 12.6 Å². The molecule has 0 N–H and O–H groups in total. The van der Waals surface area contributed by atoms with E-state index in [1.54, 1.807) is 0 Å². The van der Waals surface area contributed by atoms with Crippen molar-refractivity contribution in [1.82, 2.24) is 0 Å². The molecule has 0 radical (unpaired) electrons. The van der Waals surface area contributed by atoms with Gasteiger partial charge in [-0.15, -0.1) is 0 Å². The lowest BCUT2D eigenvalue weighted by atomic mass is 9.90. The molecule has 0 aromatic carbocycles. The highest BCUT2D eigenvalue weighted by molar-refractivity contribution is 7.80. The maximum atomic E-state index is 5.79. The number of rotatable bonds is 5. The lowest BCUT2D eigenvalue weighted by Gasteiger charge is -2.26. The molecule has 2 aliphatic carbocycles. The summed E-state index contributed by atoms with van der Waals surface area (Å²) < 4.78 is 5.79. The third-order valence-corrected chi connectivity index (χ3v) is 4.13. The Morgan fingerprint density at radius 2 is 1.92 bits per heavy atom. The molecule has 2 aliphatic rings. The van der Waals surface area contributed by atoms with Gasteiger partial charge in [-0.25, -0.2) is 0 Å². The molecule has 0 atom stereocenters. The van der Waals surface area contributed by atoms with E-state index in [0.717, 1.165) is 24.9 Å². The quantitative estimate of drug-likeness (QED) is 0.671. The summed E-state index contributed by atoms with van der Waals surface area (Å²) >= 11 is 4.46. The Labute approximate surface area is 86.6 Å². The maximum absolute atomic E-state index is 5.79.